The second-order valence-electron chi connectivity index (χ2n) is 6.34. The normalized spacial score (nSPS) is 10.6. The molecule has 32 heavy (non-hydrogen) atoms. The van der Waals surface area contributed by atoms with Gasteiger partial charge in [-0.1, -0.05) is 15.9 Å². The highest BCUT2D eigenvalue weighted by molar-refractivity contribution is 9.10. The zero-order valence-corrected chi connectivity index (χ0v) is 20.1. The number of halogens is 2. The zero-order chi connectivity index (χ0) is 22.9. The van der Waals surface area contributed by atoms with Crippen molar-refractivity contribution in [2.24, 2.45) is 5.10 Å². The van der Waals surface area contributed by atoms with Crippen LogP contribution in [0.25, 0.3) is 0 Å². The Balaban J connectivity index is 1.46. The third kappa shape index (κ3) is 6.93. The van der Waals surface area contributed by atoms with Crippen LogP contribution in [-0.2, 0) is 4.79 Å². The Morgan fingerprint density at radius 1 is 0.969 bits per heavy atom. The molecule has 7 nitrogen and oxygen atoms in total. The van der Waals surface area contributed by atoms with E-state index in [0.29, 0.717) is 32.8 Å². The molecule has 0 spiro atoms. The monoisotopic (exact) mass is 560 g/mol. The first-order chi connectivity index (χ1) is 15.4. The fraction of sp³-hybridized carbons (Fsp3) is 0.0870. The number of nitrogens with zero attached hydrogens (tertiary/aromatic N) is 1. The summed E-state index contributed by atoms with van der Waals surface area (Å²) in [5.41, 5.74) is 3.56. The van der Waals surface area contributed by atoms with Gasteiger partial charge in [-0.3, -0.25) is 4.79 Å². The number of hydrogen-bond donors (Lipinski definition) is 1. The molecule has 3 rings (SSSR count). The summed E-state index contributed by atoms with van der Waals surface area (Å²) < 4.78 is 17.5. The van der Waals surface area contributed by atoms with Gasteiger partial charge < -0.3 is 14.2 Å². The number of carbonyl (C=O) groups is 2. The molecule has 0 bridgehead atoms. The van der Waals surface area contributed by atoms with E-state index in [-0.39, 0.29) is 6.61 Å². The molecule has 164 valence electrons. The second kappa shape index (κ2) is 11.4. The number of esters is 1. The number of ether oxygens (including phenoxy) is 3. The predicted molar refractivity (Wildman–Crippen MR) is 127 cm³/mol. The molecule has 9 heteroatoms. The van der Waals surface area contributed by atoms with Crippen molar-refractivity contribution in [3.05, 3.63) is 86.8 Å². The van der Waals surface area contributed by atoms with Crippen LogP contribution in [0.3, 0.4) is 0 Å². The van der Waals surface area contributed by atoms with Gasteiger partial charge in [0.25, 0.3) is 5.91 Å². The van der Waals surface area contributed by atoms with Gasteiger partial charge in [0.1, 0.15) is 17.2 Å². The lowest BCUT2D eigenvalue weighted by Crippen LogP contribution is -2.24. The predicted octanol–water partition coefficient (Wildman–Crippen LogP) is 4.97. The number of carbonyl (C=O) groups excluding carboxylic acids is 2. The molecule has 0 heterocycles. The summed E-state index contributed by atoms with van der Waals surface area (Å²) in [6.07, 6.45) is 1.47. The fourth-order valence-electron chi connectivity index (χ4n) is 2.45. The fourth-order valence-corrected chi connectivity index (χ4v) is 3.19. The largest absolute Gasteiger partial charge is 0.497 e. The Bertz CT molecular complexity index is 1120. The van der Waals surface area contributed by atoms with Gasteiger partial charge in [-0.05, 0) is 88.2 Å². The van der Waals surface area contributed by atoms with Crippen molar-refractivity contribution in [1.82, 2.24) is 5.43 Å². The lowest BCUT2D eigenvalue weighted by atomic mass is 10.2. The number of hydrogen-bond acceptors (Lipinski definition) is 6. The summed E-state index contributed by atoms with van der Waals surface area (Å²) in [5.74, 6) is 0.724. The summed E-state index contributed by atoms with van der Waals surface area (Å²) in [6, 6.07) is 18.8. The molecule has 0 saturated heterocycles. The Morgan fingerprint density at radius 3 is 2.31 bits per heavy atom. The maximum Gasteiger partial charge on any atom is 0.343 e. The van der Waals surface area contributed by atoms with E-state index >= 15 is 0 Å². The van der Waals surface area contributed by atoms with Crippen molar-refractivity contribution < 1.29 is 23.8 Å². The summed E-state index contributed by atoms with van der Waals surface area (Å²) in [7, 11) is 1.57. The van der Waals surface area contributed by atoms with Crippen LogP contribution in [0.5, 0.6) is 17.2 Å². The van der Waals surface area contributed by atoms with Gasteiger partial charge in [0.15, 0.2) is 6.61 Å². The van der Waals surface area contributed by atoms with Crippen LogP contribution < -0.4 is 19.6 Å². The van der Waals surface area contributed by atoms with Crippen molar-refractivity contribution in [2.45, 2.75) is 0 Å². The van der Waals surface area contributed by atoms with Gasteiger partial charge in [-0.15, -0.1) is 0 Å². The number of nitrogens with one attached hydrogen (secondary N) is 1. The van der Waals surface area contributed by atoms with E-state index < -0.39 is 11.9 Å². The Hall–Kier alpha value is -3.17. The van der Waals surface area contributed by atoms with E-state index in [0.717, 1.165) is 4.47 Å². The van der Waals surface area contributed by atoms with E-state index in [1.54, 1.807) is 73.8 Å². The molecular weight excluding hydrogens is 544 g/mol. The summed E-state index contributed by atoms with van der Waals surface area (Å²) in [5, 5.41) is 3.90. The smallest absolute Gasteiger partial charge is 0.343 e. The van der Waals surface area contributed by atoms with Crippen molar-refractivity contribution in [2.75, 3.05) is 13.7 Å². The van der Waals surface area contributed by atoms with Crippen LogP contribution in [0.2, 0.25) is 0 Å². The Kier molecular flexibility index (Phi) is 8.41. The third-order valence-electron chi connectivity index (χ3n) is 4.07. The molecule has 0 atom stereocenters. The molecule has 0 aliphatic rings. The molecule has 0 unspecified atom stereocenters. The SMILES string of the molecule is COc1ccc(OCC(=O)NN=Cc2ccc(OC(=O)c3ccc(Br)cc3)cc2)c(Br)c1. The first-order valence-electron chi connectivity index (χ1n) is 9.30. The van der Waals surface area contributed by atoms with E-state index in [2.05, 4.69) is 42.4 Å². The van der Waals surface area contributed by atoms with E-state index in [1.165, 1.54) is 6.21 Å². The molecule has 0 saturated carbocycles. The standard InChI is InChI=1S/C23H18Br2N2O5/c1-30-19-10-11-21(20(25)12-19)31-14-22(28)27-26-13-15-2-8-18(9-3-15)32-23(29)16-4-6-17(24)7-5-16/h2-13H,14H2,1H3,(H,27,28). The van der Waals surface area contributed by atoms with Crippen molar-refractivity contribution in [3.8, 4) is 17.2 Å². The van der Waals surface area contributed by atoms with Crippen LogP contribution in [0, 0.1) is 0 Å². The molecule has 0 aliphatic heterocycles. The molecule has 0 aliphatic carbocycles. The van der Waals surface area contributed by atoms with Crippen LogP contribution >= 0.6 is 31.9 Å². The molecule has 0 fully saturated rings. The number of amides is 1. The third-order valence-corrected chi connectivity index (χ3v) is 5.22. The first kappa shape index (κ1) is 23.5. The highest BCUT2D eigenvalue weighted by Gasteiger charge is 2.08. The minimum absolute atomic E-state index is 0.201. The number of benzene rings is 3. The molecule has 1 amide bonds. The number of rotatable bonds is 8. The van der Waals surface area contributed by atoms with Gasteiger partial charge in [0.2, 0.25) is 0 Å². The quantitative estimate of drug-likeness (QED) is 0.182. The molecule has 0 aromatic heterocycles. The average molecular weight is 562 g/mol. The highest BCUT2D eigenvalue weighted by atomic mass is 79.9. The lowest BCUT2D eigenvalue weighted by molar-refractivity contribution is -0.123. The molecule has 3 aromatic rings. The molecule has 0 radical (unpaired) electrons. The summed E-state index contributed by atoms with van der Waals surface area (Å²) in [4.78, 5) is 24.1. The highest BCUT2D eigenvalue weighted by Crippen LogP contribution is 2.29. The summed E-state index contributed by atoms with van der Waals surface area (Å²) in [6.45, 7) is -0.201. The Labute approximate surface area is 201 Å². The first-order valence-corrected chi connectivity index (χ1v) is 10.9. The topological polar surface area (TPSA) is 86.2 Å². The van der Waals surface area contributed by atoms with Gasteiger partial charge in [-0.2, -0.15) is 5.10 Å². The van der Waals surface area contributed by atoms with Crippen LogP contribution in [-0.4, -0.2) is 31.8 Å². The van der Waals surface area contributed by atoms with Crippen LogP contribution in [0.15, 0.2) is 80.8 Å². The van der Waals surface area contributed by atoms with Crippen LogP contribution in [0.4, 0.5) is 0 Å². The number of methoxy groups -OCH3 is 1. The summed E-state index contributed by atoms with van der Waals surface area (Å²) >= 11 is 6.68. The van der Waals surface area contributed by atoms with E-state index in [9.17, 15) is 9.59 Å². The van der Waals surface area contributed by atoms with Crippen molar-refractivity contribution in [3.63, 3.8) is 0 Å². The average Bonchev–Trinajstić information content (AvgIpc) is 2.79. The number of hydrazone groups is 1. The lowest BCUT2D eigenvalue weighted by Gasteiger charge is -2.08. The molecular formula is C23H18Br2N2O5. The van der Waals surface area contributed by atoms with Gasteiger partial charge in [0.05, 0.1) is 23.4 Å². The van der Waals surface area contributed by atoms with Gasteiger partial charge >= 0.3 is 5.97 Å². The maximum atomic E-state index is 12.1. The van der Waals surface area contributed by atoms with E-state index in [1.807, 2.05) is 0 Å². The molecule has 1 N–H and O–H groups in total. The van der Waals surface area contributed by atoms with Crippen molar-refractivity contribution in [1.29, 1.82) is 0 Å². The van der Waals surface area contributed by atoms with E-state index in [4.69, 9.17) is 14.2 Å². The van der Waals surface area contributed by atoms with Crippen molar-refractivity contribution >= 4 is 50.0 Å². The Morgan fingerprint density at radius 2 is 1.66 bits per heavy atom. The van der Waals surface area contributed by atoms with Gasteiger partial charge in [-0.25, -0.2) is 10.2 Å². The van der Waals surface area contributed by atoms with Gasteiger partial charge in [0, 0.05) is 4.47 Å². The maximum absolute atomic E-state index is 12.1. The second-order valence-corrected chi connectivity index (χ2v) is 8.11. The van der Waals surface area contributed by atoms with Crippen LogP contribution in [0.1, 0.15) is 15.9 Å². The zero-order valence-electron chi connectivity index (χ0n) is 16.9. The molecule has 3 aromatic carbocycles. The minimum atomic E-state index is -0.449. The minimum Gasteiger partial charge on any atom is -0.497 e.